The number of carbonyl (C=O) groups excluding carboxylic acids is 1. The Morgan fingerprint density at radius 2 is 1.76 bits per heavy atom. The van der Waals surface area contributed by atoms with E-state index in [1.165, 1.54) is 18.2 Å². The second-order valence-corrected chi connectivity index (χ2v) is 10.0. The molecule has 1 amide bonds. The maximum atomic E-state index is 13.5. The number of hydrogen-bond acceptors (Lipinski definition) is 9. The Morgan fingerprint density at radius 1 is 1.07 bits per heavy atom. The van der Waals surface area contributed by atoms with Crippen molar-refractivity contribution in [3.05, 3.63) is 64.6 Å². The molecule has 0 saturated carbocycles. The highest BCUT2D eigenvalue weighted by Gasteiger charge is 2.45. The summed E-state index contributed by atoms with van der Waals surface area (Å²) in [5.41, 5.74) is -3.47. The van der Waals surface area contributed by atoms with Crippen molar-refractivity contribution in [2.75, 3.05) is 37.1 Å². The van der Waals surface area contributed by atoms with Gasteiger partial charge in [0.15, 0.2) is 5.75 Å². The summed E-state index contributed by atoms with van der Waals surface area (Å²) in [5.74, 6) is 0.216. The third-order valence-corrected chi connectivity index (χ3v) is 7.16. The van der Waals surface area contributed by atoms with Crippen LogP contribution in [0.25, 0.3) is 0 Å². The quantitative estimate of drug-likeness (QED) is 0.256. The standard InChI is InChI=1S/C29H31F6N5O5/c1-4-27(9-8-20-22(6-7-24(37-20)43-3)40(27)26(42)44-5-2)39-25-36-16-23(45-11-10-41)21(38-25)14-17-12-18(28(30,31)32)15-19(13-17)29(33,34)35/h6-7,12-13,15-16,41H,4-5,8-11,14H2,1-3H3,(H,36,38,39). The molecule has 1 aromatic carbocycles. The fourth-order valence-corrected chi connectivity index (χ4v) is 5.04. The number of halogens is 6. The molecule has 2 aromatic heterocycles. The zero-order valence-electron chi connectivity index (χ0n) is 24.6. The lowest BCUT2D eigenvalue weighted by Gasteiger charge is -2.46. The molecule has 3 aromatic rings. The topological polar surface area (TPSA) is 119 Å². The minimum atomic E-state index is -5.04. The first-order valence-electron chi connectivity index (χ1n) is 13.9. The molecule has 16 heteroatoms. The summed E-state index contributed by atoms with van der Waals surface area (Å²) < 4.78 is 97.2. The molecule has 4 rings (SSSR count). The van der Waals surface area contributed by atoms with Crippen LogP contribution >= 0.6 is 0 Å². The Kier molecular flexibility index (Phi) is 9.95. The van der Waals surface area contributed by atoms with Gasteiger partial charge in [-0.05, 0) is 56.0 Å². The number of benzene rings is 1. The lowest BCUT2D eigenvalue weighted by molar-refractivity contribution is -0.143. The zero-order chi connectivity index (χ0) is 33.0. The van der Waals surface area contributed by atoms with Gasteiger partial charge >= 0.3 is 18.4 Å². The normalized spacial score (nSPS) is 16.6. The lowest BCUT2D eigenvalue weighted by atomic mass is 9.91. The summed E-state index contributed by atoms with van der Waals surface area (Å²) >= 11 is 0. The van der Waals surface area contributed by atoms with Gasteiger partial charge in [-0.2, -0.15) is 26.3 Å². The molecule has 0 aliphatic carbocycles. The van der Waals surface area contributed by atoms with E-state index in [0.717, 1.165) is 0 Å². The second-order valence-electron chi connectivity index (χ2n) is 10.0. The van der Waals surface area contributed by atoms with Crippen LogP contribution < -0.4 is 19.7 Å². The summed E-state index contributed by atoms with van der Waals surface area (Å²) in [6, 6.07) is 4.50. The number of ether oxygens (including phenoxy) is 3. The first-order valence-corrected chi connectivity index (χ1v) is 13.9. The molecular weight excluding hydrogens is 612 g/mol. The van der Waals surface area contributed by atoms with Gasteiger partial charge in [-0.15, -0.1) is 0 Å². The Hall–Kier alpha value is -4.34. The van der Waals surface area contributed by atoms with Crippen LogP contribution in [0.1, 0.15) is 54.8 Å². The molecule has 0 saturated heterocycles. The molecule has 0 fully saturated rings. The third-order valence-electron chi connectivity index (χ3n) is 7.16. The van der Waals surface area contributed by atoms with E-state index in [0.29, 0.717) is 48.7 Å². The van der Waals surface area contributed by atoms with Crippen LogP contribution in [0.15, 0.2) is 36.5 Å². The van der Waals surface area contributed by atoms with E-state index >= 15 is 0 Å². The van der Waals surface area contributed by atoms with E-state index in [-0.39, 0.29) is 42.2 Å². The highest BCUT2D eigenvalue weighted by Crippen LogP contribution is 2.41. The number of nitrogens with zero attached hydrogens (tertiary/aromatic N) is 4. The summed E-state index contributed by atoms with van der Waals surface area (Å²) in [6.07, 6.45) is -9.06. The van der Waals surface area contributed by atoms with Crippen LogP contribution in [0.4, 0.5) is 42.8 Å². The Bertz CT molecular complexity index is 1490. The Balaban J connectivity index is 1.78. The van der Waals surface area contributed by atoms with Gasteiger partial charge in [0.1, 0.15) is 12.3 Å². The average Bonchev–Trinajstić information content (AvgIpc) is 2.99. The largest absolute Gasteiger partial charge is 0.488 e. The lowest BCUT2D eigenvalue weighted by Crippen LogP contribution is -2.60. The van der Waals surface area contributed by atoms with Gasteiger partial charge in [0, 0.05) is 12.5 Å². The minimum Gasteiger partial charge on any atom is -0.488 e. The summed E-state index contributed by atoms with van der Waals surface area (Å²) in [5, 5.41) is 12.4. The van der Waals surface area contributed by atoms with E-state index in [4.69, 9.17) is 14.2 Å². The molecule has 244 valence electrons. The number of pyridine rings is 1. The number of fused-ring (bicyclic) bond motifs is 1. The number of aryl methyl sites for hydroxylation is 1. The minimum absolute atomic E-state index is 0.0416. The van der Waals surface area contributed by atoms with Gasteiger partial charge in [-0.1, -0.05) is 6.92 Å². The van der Waals surface area contributed by atoms with Crippen molar-refractivity contribution < 1.29 is 50.5 Å². The van der Waals surface area contributed by atoms with Gasteiger partial charge in [0.2, 0.25) is 11.8 Å². The Morgan fingerprint density at radius 3 is 2.33 bits per heavy atom. The van der Waals surface area contributed by atoms with Crippen molar-refractivity contribution in [2.24, 2.45) is 0 Å². The monoisotopic (exact) mass is 643 g/mol. The third kappa shape index (κ3) is 7.49. The SMILES string of the molecule is CCOC(=O)N1c2ccc(OC)nc2CCC1(CC)Nc1ncc(OCCO)c(Cc2cc(C(F)(F)F)cc(C(F)(F)F)c2)n1. The van der Waals surface area contributed by atoms with Crippen molar-refractivity contribution in [3.63, 3.8) is 0 Å². The highest BCUT2D eigenvalue weighted by molar-refractivity contribution is 5.91. The van der Waals surface area contributed by atoms with Gasteiger partial charge in [-0.3, -0.25) is 4.90 Å². The highest BCUT2D eigenvalue weighted by atomic mass is 19.4. The van der Waals surface area contributed by atoms with E-state index < -0.39 is 48.3 Å². The molecule has 0 bridgehead atoms. The number of methoxy groups -OCH3 is 1. The number of rotatable bonds is 10. The molecule has 1 aliphatic rings. The first kappa shape index (κ1) is 33.6. The van der Waals surface area contributed by atoms with Crippen LogP contribution in [0.3, 0.4) is 0 Å². The summed E-state index contributed by atoms with van der Waals surface area (Å²) in [7, 11) is 1.46. The average molecular weight is 644 g/mol. The number of hydrogen-bond donors (Lipinski definition) is 2. The Labute approximate surface area is 254 Å². The molecule has 45 heavy (non-hydrogen) atoms. The molecule has 0 radical (unpaired) electrons. The van der Waals surface area contributed by atoms with E-state index in [1.54, 1.807) is 19.1 Å². The number of carbonyl (C=O) groups is 1. The van der Waals surface area contributed by atoms with Gasteiger partial charge in [0.05, 0.1) is 54.7 Å². The molecule has 1 aliphatic heterocycles. The molecule has 1 unspecified atom stereocenters. The zero-order valence-corrected chi connectivity index (χ0v) is 24.6. The predicted octanol–water partition coefficient (Wildman–Crippen LogP) is 6.01. The number of alkyl halides is 6. The number of anilines is 2. The molecule has 3 heterocycles. The van der Waals surface area contributed by atoms with Crippen LogP contribution in [0, 0.1) is 0 Å². The van der Waals surface area contributed by atoms with Crippen molar-refractivity contribution in [1.82, 2.24) is 15.0 Å². The van der Waals surface area contributed by atoms with Crippen LogP contribution in [0.5, 0.6) is 11.6 Å². The van der Waals surface area contributed by atoms with Gasteiger partial charge in [-0.25, -0.2) is 19.7 Å². The van der Waals surface area contributed by atoms with Gasteiger partial charge in [0.25, 0.3) is 0 Å². The van der Waals surface area contributed by atoms with E-state index in [9.17, 15) is 36.2 Å². The van der Waals surface area contributed by atoms with Crippen LogP contribution in [0.2, 0.25) is 0 Å². The molecule has 2 N–H and O–H groups in total. The number of aromatic nitrogens is 3. The fraction of sp³-hybridized carbons (Fsp3) is 0.448. The van der Waals surface area contributed by atoms with Gasteiger partial charge < -0.3 is 24.6 Å². The van der Waals surface area contributed by atoms with E-state index in [2.05, 4.69) is 20.3 Å². The second kappa shape index (κ2) is 13.3. The van der Waals surface area contributed by atoms with Crippen molar-refractivity contribution in [2.45, 2.75) is 57.5 Å². The van der Waals surface area contributed by atoms with Crippen molar-refractivity contribution >= 4 is 17.7 Å². The molecule has 1 atom stereocenters. The smallest absolute Gasteiger partial charge is 0.416 e. The maximum absolute atomic E-state index is 13.5. The summed E-state index contributed by atoms with van der Waals surface area (Å²) in [4.78, 5) is 27.8. The number of nitrogens with one attached hydrogen (secondary N) is 1. The molecular formula is C29H31F6N5O5. The first-order chi connectivity index (χ1) is 21.2. The van der Waals surface area contributed by atoms with Crippen LogP contribution in [-0.2, 0) is 29.9 Å². The van der Waals surface area contributed by atoms with E-state index in [1.807, 2.05) is 6.92 Å². The predicted molar refractivity (Wildman–Crippen MR) is 149 cm³/mol. The van der Waals surface area contributed by atoms with Crippen molar-refractivity contribution in [1.29, 1.82) is 0 Å². The molecule has 10 nitrogen and oxygen atoms in total. The fourth-order valence-electron chi connectivity index (χ4n) is 5.04. The maximum Gasteiger partial charge on any atom is 0.416 e. The molecule has 0 spiro atoms. The summed E-state index contributed by atoms with van der Waals surface area (Å²) in [6.45, 7) is 2.87. The van der Waals surface area contributed by atoms with Crippen LogP contribution in [-0.4, -0.2) is 58.7 Å². The number of amides is 1. The van der Waals surface area contributed by atoms with Crippen molar-refractivity contribution in [3.8, 4) is 11.6 Å². The number of aliphatic hydroxyl groups excluding tert-OH is 1. The number of aliphatic hydroxyl groups is 1.